The third-order valence-electron chi connectivity index (χ3n) is 5.71. The number of rotatable bonds is 14. The first-order valence-corrected chi connectivity index (χ1v) is 10.9. The maximum Gasteiger partial charge on any atom is 0.0823 e. The fourth-order valence-electron chi connectivity index (χ4n) is 4.19. The standard InChI is InChI=1S/C22H40O.C2H4O/c1-3-5-6-7-8-11-15-21-17-13-18-22(21)16-12-9-10-14-20(4-2)19-23;1-2-3/h4,19,21-23H,2-3,5-18H2,1H3;2-3H,1H2/t21-,22-;/m0./s1. The molecule has 1 saturated carbocycles. The molecule has 0 spiro atoms. The lowest BCUT2D eigenvalue weighted by Gasteiger charge is -2.19. The fraction of sp³-hybridized carbons (Fsp3) is 0.750. The fourth-order valence-corrected chi connectivity index (χ4v) is 4.19. The van der Waals surface area contributed by atoms with Crippen LogP contribution in [0.1, 0.15) is 103 Å². The Kier molecular flexibility index (Phi) is 17.8. The summed E-state index contributed by atoms with van der Waals surface area (Å²) in [6.45, 7) is 8.94. The van der Waals surface area contributed by atoms with Gasteiger partial charge >= 0.3 is 0 Å². The van der Waals surface area contributed by atoms with Gasteiger partial charge in [-0.2, -0.15) is 0 Å². The molecule has 0 saturated heterocycles. The Bertz CT molecular complexity index is 359. The number of hydrogen-bond acceptors (Lipinski definition) is 2. The smallest absolute Gasteiger partial charge is 0.0823 e. The summed E-state index contributed by atoms with van der Waals surface area (Å²) in [5, 5.41) is 16.3. The van der Waals surface area contributed by atoms with Crippen molar-refractivity contribution in [1.29, 1.82) is 0 Å². The molecule has 2 N–H and O–H groups in total. The molecular weight excluding hydrogens is 320 g/mol. The molecule has 1 aliphatic carbocycles. The van der Waals surface area contributed by atoms with Crippen molar-refractivity contribution < 1.29 is 10.2 Å². The molecule has 0 bridgehead atoms. The van der Waals surface area contributed by atoms with Gasteiger partial charge in [-0.05, 0) is 30.3 Å². The van der Waals surface area contributed by atoms with Crippen LogP contribution < -0.4 is 0 Å². The normalized spacial score (nSPS) is 19.7. The van der Waals surface area contributed by atoms with Crippen LogP contribution in [0.2, 0.25) is 0 Å². The van der Waals surface area contributed by atoms with Gasteiger partial charge in [0, 0.05) is 0 Å². The molecule has 0 aromatic carbocycles. The molecule has 1 rings (SSSR count). The van der Waals surface area contributed by atoms with Crippen molar-refractivity contribution >= 4 is 0 Å². The molecule has 0 aromatic heterocycles. The molecule has 2 nitrogen and oxygen atoms in total. The third-order valence-corrected chi connectivity index (χ3v) is 5.71. The molecule has 0 aliphatic heterocycles. The predicted molar refractivity (Wildman–Crippen MR) is 116 cm³/mol. The Hall–Kier alpha value is -1.18. The first-order valence-electron chi connectivity index (χ1n) is 10.9. The van der Waals surface area contributed by atoms with Crippen LogP contribution in [0.5, 0.6) is 0 Å². The Labute approximate surface area is 163 Å². The Morgan fingerprint density at radius 3 is 1.85 bits per heavy atom. The van der Waals surface area contributed by atoms with Gasteiger partial charge in [-0.3, -0.25) is 0 Å². The van der Waals surface area contributed by atoms with Crippen LogP contribution in [0.3, 0.4) is 0 Å². The van der Waals surface area contributed by atoms with Gasteiger partial charge < -0.3 is 10.2 Å². The third kappa shape index (κ3) is 13.1. The molecule has 2 atom stereocenters. The number of unbranched alkanes of at least 4 members (excludes halogenated alkanes) is 7. The SMILES string of the molecule is C=CC(=CO)CCCCC[C@H]1CCC[C@@H]1CCCCCCCC.C=CO. The van der Waals surface area contributed by atoms with Crippen LogP contribution in [0, 0.1) is 11.8 Å². The summed E-state index contributed by atoms with van der Waals surface area (Å²) >= 11 is 0. The van der Waals surface area contributed by atoms with Crippen molar-refractivity contribution in [2.75, 3.05) is 0 Å². The van der Waals surface area contributed by atoms with Gasteiger partial charge in [-0.1, -0.05) is 110 Å². The van der Waals surface area contributed by atoms with E-state index in [1.807, 2.05) is 0 Å². The van der Waals surface area contributed by atoms with E-state index in [0.717, 1.165) is 30.1 Å². The lowest BCUT2D eigenvalue weighted by Crippen LogP contribution is -2.08. The highest BCUT2D eigenvalue weighted by Crippen LogP contribution is 2.38. The number of allylic oxidation sites excluding steroid dienone is 2. The van der Waals surface area contributed by atoms with Crippen LogP contribution in [-0.4, -0.2) is 10.2 Å². The Morgan fingerprint density at radius 1 is 0.846 bits per heavy atom. The van der Waals surface area contributed by atoms with E-state index in [1.165, 1.54) is 96.2 Å². The number of aliphatic hydroxyl groups excluding tert-OH is 2. The molecule has 0 radical (unpaired) electrons. The zero-order valence-electron chi connectivity index (χ0n) is 17.3. The minimum atomic E-state index is 0.750. The molecule has 0 amide bonds. The minimum Gasteiger partial charge on any atom is -0.516 e. The van der Waals surface area contributed by atoms with E-state index < -0.39 is 0 Å². The topological polar surface area (TPSA) is 40.5 Å². The average Bonchev–Trinajstić information content (AvgIpc) is 3.09. The quantitative estimate of drug-likeness (QED) is 0.184. The van der Waals surface area contributed by atoms with Crippen molar-refractivity contribution in [3.8, 4) is 0 Å². The van der Waals surface area contributed by atoms with E-state index in [-0.39, 0.29) is 0 Å². The lowest BCUT2D eigenvalue weighted by atomic mass is 9.86. The number of hydrogen-bond donors (Lipinski definition) is 2. The van der Waals surface area contributed by atoms with Gasteiger partial charge in [-0.25, -0.2) is 0 Å². The maximum atomic E-state index is 9.01. The van der Waals surface area contributed by atoms with Crippen LogP contribution >= 0.6 is 0 Å². The molecule has 1 fully saturated rings. The van der Waals surface area contributed by atoms with Gasteiger partial charge in [0.15, 0.2) is 0 Å². The van der Waals surface area contributed by atoms with Gasteiger partial charge in [0.05, 0.1) is 12.5 Å². The Morgan fingerprint density at radius 2 is 1.35 bits per heavy atom. The van der Waals surface area contributed by atoms with Crippen molar-refractivity contribution in [2.24, 2.45) is 11.8 Å². The van der Waals surface area contributed by atoms with Crippen LogP contribution in [0.4, 0.5) is 0 Å². The second kappa shape index (κ2) is 18.6. The summed E-state index contributed by atoms with van der Waals surface area (Å²) in [6, 6.07) is 0. The molecule has 1 aliphatic rings. The first kappa shape index (κ1) is 24.8. The van der Waals surface area contributed by atoms with Crippen molar-refractivity contribution in [2.45, 2.75) is 103 Å². The van der Waals surface area contributed by atoms with Gasteiger partial charge in [0.2, 0.25) is 0 Å². The van der Waals surface area contributed by atoms with Gasteiger partial charge in [0.1, 0.15) is 0 Å². The molecule has 0 heterocycles. The highest BCUT2D eigenvalue weighted by Gasteiger charge is 2.25. The van der Waals surface area contributed by atoms with Gasteiger partial charge in [0.25, 0.3) is 0 Å². The predicted octanol–water partition coefficient (Wildman–Crippen LogP) is 8.42. The summed E-state index contributed by atoms with van der Waals surface area (Å²) in [6.07, 6.45) is 24.5. The summed E-state index contributed by atoms with van der Waals surface area (Å²) in [5.74, 6) is 2.04. The molecular formula is C24H44O2. The zero-order valence-corrected chi connectivity index (χ0v) is 17.3. The second-order valence-electron chi connectivity index (χ2n) is 7.70. The van der Waals surface area contributed by atoms with Crippen LogP contribution in [0.25, 0.3) is 0 Å². The monoisotopic (exact) mass is 364 g/mol. The largest absolute Gasteiger partial charge is 0.516 e. The minimum absolute atomic E-state index is 0.750. The highest BCUT2D eigenvalue weighted by atomic mass is 16.2. The molecule has 152 valence electrons. The number of aliphatic hydroxyl groups is 2. The van der Waals surface area contributed by atoms with Gasteiger partial charge in [-0.15, -0.1) is 0 Å². The molecule has 0 unspecified atom stereocenters. The van der Waals surface area contributed by atoms with Crippen molar-refractivity contribution in [3.05, 3.63) is 37.3 Å². The average molecular weight is 365 g/mol. The van der Waals surface area contributed by atoms with E-state index in [4.69, 9.17) is 10.2 Å². The second-order valence-corrected chi connectivity index (χ2v) is 7.70. The van der Waals surface area contributed by atoms with E-state index >= 15 is 0 Å². The lowest BCUT2D eigenvalue weighted by molar-refractivity contribution is 0.322. The summed E-state index contributed by atoms with van der Waals surface area (Å²) in [5.41, 5.74) is 0.979. The first-order chi connectivity index (χ1) is 12.7. The highest BCUT2D eigenvalue weighted by molar-refractivity contribution is 5.12. The van der Waals surface area contributed by atoms with Crippen LogP contribution in [0.15, 0.2) is 37.3 Å². The Balaban J connectivity index is 0.00000194. The molecule has 2 heteroatoms. The van der Waals surface area contributed by atoms with E-state index in [2.05, 4.69) is 20.1 Å². The van der Waals surface area contributed by atoms with E-state index in [9.17, 15) is 0 Å². The summed E-state index contributed by atoms with van der Waals surface area (Å²) in [7, 11) is 0. The zero-order chi connectivity index (χ0) is 19.5. The van der Waals surface area contributed by atoms with E-state index in [1.54, 1.807) is 6.08 Å². The van der Waals surface area contributed by atoms with Crippen molar-refractivity contribution in [1.82, 2.24) is 0 Å². The summed E-state index contributed by atoms with van der Waals surface area (Å²) < 4.78 is 0. The van der Waals surface area contributed by atoms with Crippen LogP contribution in [-0.2, 0) is 0 Å². The summed E-state index contributed by atoms with van der Waals surface area (Å²) in [4.78, 5) is 0. The van der Waals surface area contributed by atoms with Crippen molar-refractivity contribution in [3.63, 3.8) is 0 Å². The van der Waals surface area contributed by atoms with E-state index in [0.29, 0.717) is 0 Å². The maximum absolute atomic E-state index is 9.01. The molecule has 26 heavy (non-hydrogen) atoms. The molecule has 0 aromatic rings.